The van der Waals surface area contributed by atoms with Gasteiger partial charge in [-0.25, -0.2) is 9.78 Å². The third kappa shape index (κ3) is 1.23. The molecular formula is C8H8ClN3O. The van der Waals surface area contributed by atoms with Gasteiger partial charge in [-0.15, -0.1) is 0 Å². The van der Waals surface area contributed by atoms with Crippen molar-refractivity contribution in [1.82, 2.24) is 14.5 Å². The summed E-state index contributed by atoms with van der Waals surface area (Å²) in [5.41, 5.74) is 1.18. The summed E-state index contributed by atoms with van der Waals surface area (Å²) in [7, 11) is 0. The second-order valence-corrected chi connectivity index (χ2v) is 3.06. The van der Waals surface area contributed by atoms with Crippen LogP contribution in [-0.2, 0) is 6.54 Å². The predicted molar refractivity (Wildman–Crippen MR) is 51.0 cm³/mol. The Kier molecular flexibility index (Phi) is 1.84. The second-order valence-electron chi connectivity index (χ2n) is 2.68. The van der Waals surface area contributed by atoms with Gasteiger partial charge in [-0.05, 0) is 19.1 Å². The molecule has 68 valence electrons. The lowest BCUT2D eigenvalue weighted by molar-refractivity contribution is 0.753. The topological polar surface area (TPSA) is 50.7 Å². The third-order valence-corrected chi connectivity index (χ3v) is 2.13. The molecule has 0 spiro atoms. The van der Waals surface area contributed by atoms with Crippen molar-refractivity contribution in [3.8, 4) is 0 Å². The molecule has 0 aliphatic rings. The van der Waals surface area contributed by atoms with Crippen LogP contribution in [-0.4, -0.2) is 14.5 Å². The number of imidazole rings is 1. The highest BCUT2D eigenvalue weighted by Crippen LogP contribution is 2.11. The number of aromatic nitrogens is 3. The van der Waals surface area contributed by atoms with Crippen LogP contribution in [0, 0.1) is 0 Å². The molecule has 0 aliphatic heterocycles. The first-order chi connectivity index (χ1) is 6.22. The molecule has 0 saturated carbocycles. The fourth-order valence-corrected chi connectivity index (χ4v) is 1.48. The first-order valence-electron chi connectivity index (χ1n) is 3.97. The average molecular weight is 198 g/mol. The van der Waals surface area contributed by atoms with Crippen molar-refractivity contribution in [1.29, 1.82) is 0 Å². The molecule has 2 rings (SSSR count). The molecule has 0 saturated heterocycles. The van der Waals surface area contributed by atoms with Gasteiger partial charge in [0, 0.05) is 6.54 Å². The summed E-state index contributed by atoms with van der Waals surface area (Å²) >= 11 is 5.68. The van der Waals surface area contributed by atoms with Crippen LogP contribution in [0.4, 0.5) is 0 Å². The van der Waals surface area contributed by atoms with Crippen molar-refractivity contribution in [2.75, 3.05) is 0 Å². The zero-order chi connectivity index (χ0) is 9.42. The number of hydrogen-bond donors (Lipinski definition) is 1. The molecule has 0 aliphatic carbocycles. The van der Waals surface area contributed by atoms with Gasteiger partial charge in [-0.1, -0.05) is 11.6 Å². The number of nitrogens with one attached hydrogen (secondary N) is 1. The van der Waals surface area contributed by atoms with Gasteiger partial charge in [-0.3, -0.25) is 9.55 Å². The molecule has 2 aromatic heterocycles. The lowest BCUT2D eigenvalue weighted by Gasteiger charge is -1.95. The van der Waals surface area contributed by atoms with Gasteiger partial charge >= 0.3 is 5.69 Å². The number of rotatable bonds is 1. The number of aromatic amines is 1. The molecule has 1 N–H and O–H groups in total. The van der Waals surface area contributed by atoms with Gasteiger partial charge < -0.3 is 0 Å². The zero-order valence-corrected chi connectivity index (χ0v) is 7.80. The van der Waals surface area contributed by atoms with Crippen LogP contribution in [0.2, 0.25) is 5.15 Å². The molecule has 2 aromatic rings. The van der Waals surface area contributed by atoms with Gasteiger partial charge in [0.2, 0.25) is 0 Å². The molecule has 0 amide bonds. The first-order valence-corrected chi connectivity index (χ1v) is 4.35. The summed E-state index contributed by atoms with van der Waals surface area (Å²) in [5.74, 6) is 0. The summed E-state index contributed by atoms with van der Waals surface area (Å²) in [6, 6.07) is 3.45. The Labute approximate surface area is 79.2 Å². The fraction of sp³-hybridized carbons (Fsp3) is 0.250. The summed E-state index contributed by atoms with van der Waals surface area (Å²) < 4.78 is 1.61. The number of nitrogens with zero attached hydrogens (tertiary/aromatic N) is 2. The van der Waals surface area contributed by atoms with Crippen molar-refractivity contribution in [2.24, 2.45) is 0 Å². The van der Waals surface area contributed by atoms with Crippen molar-refractivity contribution >= 4 is 22.8 Å². The van der Waals surface area contributed by atoms with E-state index in [2.05, 4.69) is 9.97 Å². The molecule has 0 atom stereocenters. The highest BCUT2D eigenvalue weighted by atomic mass is 35.5. The van der Waals surface area contributed by atoms with Crippen LogP contribution in [0.3, 0.4) is 0 Å². The molecule has 2 heterocycles. The number of H-pyrrole nitrogens is 1. The van der Waals surface area contributed by atoms with E-state index >= 15 is 0 Å². The molecular weight excluding hydrogens is 190 g/mol. The monoisotopic (exact) mass is 197 g/mol. The van der Waals surface area contributed by atoms with Crippen LogP contribution in [0.5, 0.6) is 0 Å². The minimum absolute atomic E-state index is 0.146. The standard InChI is InChI=1S/C8H8ClN3O/c1-2-12-5-3-4-6(9)10-7(5)11-8(12)13/h3-4H,2H2,1H3,(H,10,11,13). The summed E-state index contributed by atoms with van der Waals surface area (Å²) in [4.78, 5) is 17.9. The van der Waals surface area contributed by atoms with E-state index in [0.29, 0.717) is 17.3 Å². The number of pyridine rings is 1. The Morgan fingerprint density at radius 3 is 3.08 bits per heavy atom. The summed E-state index contributed by atoms with van der Waals surface area (Å²) in [5, 5.41) is 0.386. The number of aryl methyl sites for hydroxylation is 1. The van der Waals surface area contributed by atoms with E-state index in [0.717, 1.165) is 5.52 Å². The molecule has 0 unspecified atom stereocenters. The highest BCUT2D eigenvalue weighted by Gasteiger charge is 2.05. The average Bonchev–Trinajstić information content (AvgIpc) is 2.39. The van der Waals surface area contributed by atoms with E-state index < -0.39 is 0 Å². The van der Waals surface area contributed by atoms with Crippen LogP contribution >= 0.6 is 11.6 Å². The minimum Gasteiger partial charge on any atom is -0.291 e. The largest absolute Gasteiger partial charge is 0.327 e. The zero-order valence-electron chi connectivity index (χ0n) is 7.04. The van der Waals surface area contributed by atoms with Crippen molar-refractivity contribution in [3.63, 3.8) is 0 Å². The van der Waals surface area contributed by atoms with Crippen LogP contribution < -0.4 is 5.69 Å². The Morgan fingerprint density at radius 2 is 2.38 bits per heavy atom. The van der Waals surface area contributed by atoms with Crippen molar-refractivity contribution in [3.05, 3.63) is 27.8 Å². The molecule has 0 bridgehead atoms. The third-order valence-electron chi connectivity index (χ3n) is 1.92. The van der Waals surface area contributed by atoms with E-state index in [1.165, 1.54) is 0 Å². The molecule has 0 fully saturated rings. The maximum atomic E-state index is 11.3. The number of fused-ring (bicyclic) bond motifs is 1. The molecule has 0 radical (unpaired) electrons. The molecule has 13 heavy (non-hydrogen) atoms. The van der Waals surface area contributed by atoms with Gasteiger partial charge in [0.1, 0.15) is 5.15 Å². The highest BCUT2D eigenvalue weighted by molar-refractivity contribution is 6.29. The summed E-state index contributed by atoms with van der Waals surface area (Å²) in [6.07, 6.45) is 0. The normalized spacial score (nSPS) is 10.9. The second kappa shape index (κ2) is 2.88. The lowest BCUT2D eigenvalue weighted by atomic mass is 10.4. The Hall–Kier alpha value is -1.29. The van der Waals surface area contributed by atoms with Crippen molar-refractivity contribution < 1.29 is 0 Å². The fourth-order valence-electron chi connectivity index (χ4n) is 1.33. The quantitative estimate of drug-likeness (QED) is 0.703. The van der Waals surface area contributed by atoms with Gasteiger partial charge in [0.15, 0.2) is 5.65 Å². The first kappa shape index (κ1) is 8.31. The van der Waals surface area contributed by atoms with Gasteiger partial charge in [0.05, 0.1) is 5.52 Å². The Morgan fingerprint density at radius 1 is 1.62 bits per heavy atom. The summed E-state index contributed by atoms with van der Waals surface area (Å²) in [6.45, 7) is 2.53. The molecule has 5 heteroatoms. The minimum atomic E-state index is -0.146. The van der Waals surface area contributed by atoms with E-state index in [9.17, 15) is 4.79 Å². The SMILES string of the molecule is CCn1c(=O)[nH]c2nc(Cl)ccc21. The lowest BCUT2D eigenvalue weighted by Crippen LogP contribution is -2.14. The van der Waals surface area contributed by atoms with E-state index in [-0.39, 0.29) is 5.69 Å². The van der Waals surface area contributed by atoms with Gasteiger partial charge in [0.25, 0.3) is 0 Å². The van der Waals surface area contributed by atoms with Gasteiger partial charge in [-0.2, -0.15) is 0 Å². The van der Waals surface area contributed by atoms with Crippen LogP contribution in [0.15, 0.2) is 16.9 Å². The number of halogens is 1. The maximum absolute atomic E-state index is 11.3. The van der Waals surface area contributed by atoms with Crippen molar-refractivity contribution in [2.45, 2.75) is 13.5 Å². The van der Waals surface area contributed by atoms with Crippen LogP contribution in [0.25, 0.3) is 11.2 Å². The molecule has 4 nitrogen and oxygen atoms in total. The van der Waals surface area contributed by atoms with E-state index in [1.54, 1.807) is 16.7 Å². The number of hydrogen-bond acceptors (Lipinski definition) is 2. The van der Waals surface area contributed by atoms with E-state index in [1.807, 2.05) is 6.92 Å². The van der Waals surface area contributed by atoms with E-state index in [4.69, 9.17) is 11.6 Å². The Balaban J connectivity index is 2.87. The Bertz CT molecular complexity index is 500. The van der Waals surface area contributed by atoms with Crippen LogP contribution in [0.1, 0.15) is 6.92 Å². The molecule has 0 aromatic carbocycles. The maximum Gasteiger partial charge on any atom is 0.327 e. The smallest absolute Gasteiger partial charge is 0.291 e. The predicted octanol–water partition coefficient (Wildman–Crippen LogP) is 1.40.